The standard InChI is InChI=1S/C7H5ClN2/c1-5-6(9-2)3-4-7(8)10-5/h3-4H,1H3. The van der Waals surface area contributed by atoms with Gasteiger partial charge >= 0.3 is 0 Å². The van der Waals surface area contributed by atoms with Gasteiger partial charge in [0.1, 0.15) is 5.15 Å². The summed E-state index contributed by atoms with van der Waals surface area (Å²) in [5.41, 5.74) is 1.24. The highest BCUT2D eigenvalue weighted by Gasteiger charge is 1.97. The van der Waals surface area contributed by atoms with Crippen LogP contribution in [0.15, 0.2) is 12.1 Å². The third-order valence-electron chi connectivity index (χ3n) is 1.14. The summed E-state index contributed by atoms with van der Waals surface area (Å²) in [6, 6.07) is 3.28. The van der Waals surface area contributed by atoms with Crippen molar-refractivity contribution in [3.63, 3.8) is 0 Å². The summed E-state index contributed by atoms with van der Waals surface area (Å²) in [6.45, 7) is 8.46. The lowest BCUT2D eigenvalue weighted by Crippen LogP contribution is -1.79. The molecular weight excluding hydrogens is 148 g/mol. The molecule has 1 heterocycles. The maximum absolute atomic E-state index is 6.70. The Labute approximate surface area is 64.3 Å². The minimum absolute atomic E-state index is 0.435. The Morgan fingerprint density at radius 1 is 1.60 bits per heavy atom. The Morgan fingerprint density at radius 2 is 2.30 bits per heavy atom. The van der Waals surface area contributed by atoms with E-state index in [4.69, 9.17) is 18.2 Å². The molecule has 0 spiro atoms. The number of hydrogen-bond donors (Lipinski definition) is 0. The monoisotopic (exact) mass is 152 g/mol. The molecule has 2 nitrogen and oxygen atoms in total. The van der Waals surface area contributed by atoms with E-state index < -0.39 is 0 Å². The van der Waals surface area contributed by atoms with Crippen molar-refractivity contribution >= 4 is 17.3 Å². The lowest BCUT2D eigenvalue weighted by atomic mass is 10.3. The van der Waals surface area contributed by atoms with Gasteiger partial charge in [-0.15, -0.1) is 0 Å². The summed E-state index contributed by atoms with van der Waals surface area (Å²) in [7, 11) is 0. The van der Waals surface area contributed by atoms with Gasteiger partial charge in [-0.1, -0.05) is 17.7 Å². The molecule has 0 bridgehead atoms. The fourth-order valence-corrected chi connectivity index (χ4v) is 0.831. The van der Waals surface area contributed by atoms with Crippen LogP contribution < -0.4 is 0 Å². The van der Waals surface area contributed by atoms with Gasteiger partial charge in [0.2, 0.25) is 5.69 Å². The summed E-state index contributed by atoms with van der Waals surface area (Å²) < 4.78 is 0. The van der Waals surface area contributed by atoms with Crippen molar-refractivity contribution in [1.82, 2.24) is 4.98 Å². The molecule has 0 aliphatic carbocycles. The lowest BCUT2D eigenvalue weighted by molar-refractivity contribution is 1.21. The smallest absolute Gasteiger partial charge is 0.208 e. The van der Waals surface area contributed by atoms with E-state index in [9.17, 15) is 0 Å². The highest BCUT2D eigenvalue weighted by molar-refractivity contribution is 6.29. The molecule has 1 aromatic rings. The minimum Gasteiger partial charge on any atom is -0.253 e. The van der Waals surface area contributed by atoms with Crippen LogP contribution in [0, 0.1) is 13.5 Å². The largest absolute Gasteiger partial charge is 0.253 e. The predicted octanol–water partition coefficient (Wildman–Crippen LogP) is 2.59. The molecule has 0 aliphatic heterocycles. The second kappa shape index (κ2) is 2.68. The lowest BCUT2D eigenvalue weighted by Gasteiger charge is -1.94. The molecule has 0 atom stereocenters. The van der Waals surface area contributed by atoms with Crippen molar-refractivity contribution in [3.8, 4) is 0 Å². The van der Waals surface area contributed by atoms with Crippen LogP contribution in [0.5, 0.6) is 0 Å². The van der Waals surface area contributed by atoms with Crippen molar-refractivity contribution in [1.29, 1.82) is 0 Å². The maximum Gasteiger partial charge on any atom is 0.208 e. The average Bonchev–Trinajstić information content (AvgIpc) is 1.88. The maximum atomic E-state index is 6.70. The van der Waals surface area contributed by atoms with Gasteiger partial charge in [0.15, 0.2) is 0 Å². The summed E-state index contributed by atoms with van der Waals surface area (Å²) >= 11 is 5.56. The molecule has 10 heavy (non-hydrogen) atoms. The van der Waals surface area contributed by atoms with E-state index in [1.807, 2.05) is 0 Å². The van der Waals surface area contributed by atoms with Crippen LogP contribution in [0.1, 0.15) is 5.69 Å². The Hall–Kier alpha value is -1.07. The molecule has 0 amide bonds. The second-order valence-electron chi connectivity index (χ2n) is 1.85. The molecular formula is C7H5ClN2. The van der Waals surface area contributed by atoms with Crippen molar-refractivity contribution in [2.24, 2.45) is 0 Å². The Morgan fingerprint density at radius 3 is 2.80 bits per heavy atom. The fourth-order valence-electron chi connectivity index (χ4n) is 0.641. The van der Waals surface area contributed by atoms with Crippen molar-refractivity contribution in [2.75, 3.05) is 0 Å². The molecule has 0 radical (unpaired) electrons. The van der Waals surface area contributed by atoms with E-state index >= 15 is 0 Å². The first kappa shape index (κ1) is 7.04. The second-order valence-corrected chi connectivity index (χ2v) is 2.24. The first-order valence-electron chi connectivity index (χ1n) is 2.74. The van der Waals surface area contributed by atoms with E-state index in [0.29, 0.717) is 16.5 Å². The quantitative estimate of drug-likeness (QED) is 0.413. The number of aryl methyl sites for hydroxylation is 1. The van der Waals surface area contributed by atoms with Crippen LogP contribution >= 0.6 is 11.6 Å². The molecule has 1 aromatic heterocycles. The van der Waals surface area contributed by atoms with E-state index in [1.54, 1.807) is 19.1 Å². The summed E-state index contributed by atoms with van der Waals surface area (Å²) in [5.74, 6) is 0. The average molecular weight is 153 g/mol. The van der Waals surface area contributed by atoms with Crippen LogP contribution in [-0.2, 0) is 0 Å². The molecule has 0 saturated carbocycles. The van der Waals surface area contributed by atoms with Gasteiger partial charge in [0, 0.05) is 5.69 Å². The number of hydrogen-bond acceptors (Lipinski definition) is 1. The molecule has 50 valence electrons. The first-order chi connectivity index (χ1) is 4.74. The minimum atomic E-state index is 0.435. The number of nitrogens with zero attached hydrogens (tertiary/aromatic N) is 2. The zero-order valence-corrected chi connectivity index (χ0v) is 6.18. The molecule has 0 N–H and O–H groups in total. The van der Waals surface area contributed by atoms with Crippen LogP contribution in [0.25, 0.3) is 4.85 Å². The van der Waals surface area contributed by atoms with Crippen LogP contribution in [0.3, 0.4) is 0 Å². The summed E-state index contributed by atoms with van der Waals surface area (Å²) in [6.07, 6.45) is 0. The van der Waals surface area contributed by atoms with Gasteiger partial charge in [-0.25, -0.2) is 4.85 Å². The van der Waals surface area contributed by atoms with Gasteiger partial charge in [-0.2, -0.15) is 0 Å². The van der Waals surface area contributed by atoms with Crippen molar-refractivity contribution in [2.45, 2.75) is 6.92 Å². The predicted molar refractivity (Wildman–Crippen MR) is 40.2 cm³/mol. The molecule has 0 fully saturated rings. The molecule has 0 unspecified atom stereocenters. The van der Waals surface area contributed by atoms with E-state index in [2.05, 4.69) is 9.83 Å². The Bertz CT molecular complexity index is 288. The molecule has 0 aliphatic rings. The first-order valence-corrected chi connectivity index (χ1v) is 3.12. The van der Waals surface area contributed by atoms with Gasteiger partial charge in [0.05, 0.1) is 6.57 Å². The molecule has 1 rings (SSSR count). The molecule has 0 saturated heterocycles. The van der Waals surface area contributed by atoms with Gasteiger partial charge in [-0.05, 0) is 13.0 Å². The van der Waals surface area contributed by atoms with E-state index in [1.165, 1.54) is 0 Å². The van der Waals surface area contributed by atoms with E-state index in [0.717, 1.165) is 0 Å². The van der Waals surface area contributed by atoms with Gasteiger partial charge < -0.3 is 0 Å². The number of rotatable bonds is 0. The third-order valence-corrected chi connectivity index (χ3v) is 1.35. The number of halogens is 1. The van der Waals surface area contributed by atoms with E-state index in [-0.39, 0.29) is 0 Å². The van der Waals surface area contributed by atoms with Gasteiger partial charge in [0.25, 0.3) is 0 Å². The normalized spacial score (nSPS) is 8.90. The highest BCUT2D eigenvalue weighted by Crippen LogP contribution is 2.17. The van der Waals surface area contributed by atoms with Gasteiger partial charge in [-0.3, -0.25) is 4.98 Å². The number of aromatic nitrogens is 1. The van der Waals surface area contributed by atoms with Crippen LogP contribution in [0.2, 0.25) is 5.15 Å². The topological polar surface area (TPSA) is 17.2 Å². The molecule has 0 aromatic carbocycles. The zero-order chi connectivity index (χ0) is 7.56. The molecule has 3 heteroatoms. The van der Waals surface area contributed by atoms with Crippen LogP contribution in [0.4, 0.5) is 5.69 Å². The Balaban J connectivity index is 3.23. The van der Waals surface area contributed by atoms with Crippen molar-refractivity contribution in [3.05, 3.63) is 34.4 Å². The van der Waals surface area contributed by atoms with Crippen LogP contribution in [-0.4, -0.2) is 4.98 Å². The SMILES string of the molecule is [C-]#[N+]c1ccc(Cl)nc1C. The summed E-state index contributed by atoms with van der Waals surface area (Å²) in [4.78, 5) is 7.14. The zero-order valence-electron chi connectivity index (χ0n) is 5.43. The number of pyridine rings is 1. The highest BCUT2D eigenvalue weighted by atomic mass is 35.5. The summed E-state index contributed by atoms with van der Waals surface area (Å²) in [5, 5.41) is 0.435. The fraction of sp³-hybridized carbons (Fsp3) is 0.143. The van der Waals surface area contributed by atoms with Crippen molar-refractivity contribution < 1.29 is 0 Å². The third kappa shape index (κ3) is 1.26. The Kier molecular flexibility index (Phi) is 1.88.